The molecule has 2 N–H and O–H groups in total. The van der Waals surface area contributed by atoms with Gasteiger partial charge in [-0.05, 0) is 42.0 Å². The van der Waals surface area contributed by atoms with Crippen molar-refractivity contribution < 1.29 is 13.5 Å². The molecular formula is C25H21ClN2O3S2. The number of halogens is 1. The lowest BCUT2D eigenvalue weighted by molar-refractivity contribution is 0.463. The molecule has 0 saturated carbocycles. The number of thioether (sulfide) groups is 1. The van der Waals surface area contributed by atoms with Crippen LogP contribution >= 0.6 is 23.4 Å². The first-order valence-electron chi connectivity index (χ1n) is 10.2. The first kappa shape index (κ1) is 23.3. The van der Waals surface area contributed by atoms with E-state index in [9.17, 15) is 13.5 Å². The van der Waals surface area contributed by atoms with Crippen molar-refractivity contribution in [1.82, 2.24) is 9.71 Å². The Balaban J connectivity index is 1.56. The van der Waals surface area contributed by atoms with E-state index in [-0.39, 0.29) is 22.0 Å². The number of sulfonamides is 1. The van der Waals surface area contributed by atoms with Crippen molar-refractivity contribution in [2.75, 3.05) is 12.3 Å². The lowest BCUT2D eigenvalue weighted by Gasteiger charge is -2.12. The fraction of sp³-hybridized carbons (Fsp3) is 0.0800. The van der Waals surface area contributed by atoms with Gasteiger partial charge in [-0.25, -0.2) is 18.1 Å². The summed E-state index contributed by atoms with van der Waals surface area (Å²) in [6.07, 6.45) is 3.68. The largest absolute Gasteiger partial charge is 0.504 e. The molecule has 3 aromatic carbocycles. The number of nitrogens with one attached hydrogen (secondary N) is 1. The maximum Gasteiger partial charge on any atom is 0.244 e. The SMILES string of the molecule is O=S(=O)(NCCSc1ccccc1)c1cc(Cl)c2ccc(/C=C/c3ccccc3)nc2c1O. The van der Waals surface area contributed by atoms with Gasteiger partial charge in [-0.2, -0.15) is 0 Å². The fourth-order valence-corrected chi connectivity index (χ4v) is 5.60. The molecule has 0 aliphatic rings. The number of aromatic hydroxyl groups is 1. The van der Waals surface area contributed by atoms with Gasteiger partial charge in [0.25, 0.3) is 0 Å². The van der Waals surface area contributed by atoms with E-state index < -0.39 is 15.8 Å². The number of pyridine rings is 1. The summed E-state index contributed by atoms with van der Waals surface area (Å²) in [7, 11) is -3.98. The molecule has 0 aliphatic heterocycles. The van der Waals surface area contributed by atoms with Crippen molar-refractivity contribution in [3.8, 4) is 5.75 Å². The third-order valence-electron chi connectivity index (χ3n) is 4.83. The molecule has 1 heterocycles. The molecular weight excluding hydrogens is 476 g/mol. The predicted octanol–water partition coefficient (Wildman–Crippen LogP) is 5.83. The van der Waals surface area contributed by atoms with Crippen LogP contribution in [0.4, 0.5) is 0 Å². The third kappa shape index (κ3) is 5.75. The summed E-state index contributed by atoms with van der Waals surface area (Å²) in [6.45, 7) is 0.199. The van der Waals surface area contributed by atoms with E-state index in [4.69, 9.17) is 11.6 Å². The van der Waals surface area contributed by atoms with E-state index in [1.165, 1.54) is 17.8 Å². The smallest absolute Gasteiger partial charge is 0.244 e. The molecule has 0 fully saturated rings. The highest BCUT2D eigenvalue weighted by molar-refractivity contribution is 7.99. The second kappa shape index (κ2) is 10.4. The Hall–Kier alpha value is -2.84. The van der Waals surface area contributed by atoms with E-state index in [1.54, 1.807) is 18.2 Å². The van der Waals surface area contributed by atoms with Crippen molar-refractivity contribution in [3.63, 3.8) is 0 Å². The van der Waals surface area contributed by atoms with Crippen LogP contribution in [0, 0.1) is 0 Å². The number of aromatic nitrogens is 1. The van der Waals surface area contributed by atoms with Gasteiger partial charge in [-0.3, -0.25) is 0 Å². The average molecular weight is 497 g/mol. The Bertz CT molecular complexity index is 1390. The zero-order valence-electron chi connectivity index (χ0n) is 17.5. The number of nitrogens with zero attached hydrogens (tertiary/aromatic N) is 1. The highest BCUT2D eigenvalue weighted by Gasteiger charge is 2.23. The van der Waals surface area contributed by atoms with Crippen molar-refractivity contribution in [3.05, 3.63) is 95.1 Å². The molecule has 8 heteroatoms. The molecule has 0 aliphatic carbocycles. The monoisotopic (exact) mass is 496 g/mol. The van der Waals surface area contributed by atoms with Gasteiger partial charge in [-0.15, -0.1) is 11.8 Å². The molecule has 0 amide bonds. The maximum atomic E-state index is 12.9. The number of rotatable bonds is 8. The summed E-state index contributed by atoms with van der Waals surface area (Å²) in [5.74, 6) is 0.116. The Labute approximate surface area is 202 Å². The van der Waals surface area contributed by atoms with Crippen LogP contribution in [0.15, 0.2) is 88.7 Å². The minimum atomic E-state index is -3.98. The third-order valence-corrected chi connectivity index (χ3v) is 7.63. The van der Waals surface area contributed by atoms with Crippen LogP contribution in [0.2, 0.25) is 5.02 Å². The lowest BCUT2D eigenvalue weighted by atomic mass is 10.1. The Morgan fingerprint density at radius 3 is 2.39 bits per heavy atom. The van der Waals surface area contributed by atoms with Crippen LogP contribution in [0.1, 0.15) is 11.3 Å². The van der Waals surface area contributed by atoms with Crippen LogP contribution in [0.3, 0.4) is 0 Å². The van der Waals surface area contributed by atoms with E-state index >= 15 is 0 Å². The van der Waals surface area contributed by atoms with Crippen LogP contribution in [-0.4, -0.2) is 30.8 Å². The Morgan fingerprint density at radius 1 is 0.970 bits per heavy atom. The first-order chi connectivity index (χ1) is 15.9. The van der Waals surface area contributed by atoms with Crippen molar-refractivity contribution in [2.24, 2.45) is 0 Å². The van der Waals surface area contributed by atoms with E-state index in [0.717, 1.165) is 10.5 Å². The molecule has 4 aromatic rings. The van der Waals surface area contributed by atoms with Gasteiger partial charge in [0.1, 0.15) is 10.4 Å². The highest BCUT2D eigenvalue weighted by atomic mass is 35.5. The van der Waals surface area contributed by atoms with Gasteiger partial charge in [0.2, 0.25) is 10.0 Å². The van der Waals surface area contributed by atoms with Crippen LogP contribution in [0.5, 0.6) is 5.75 Å². The summed E-state index contributed by atoms with van der Waals surface area (Å²) in [5, 5.41) is 11.5. The standard InChI is InChI=1S/C25H21ClN2O3S2/c26-22-17-23(33(30,31)27-15-16-32-20-9-5-2-6-10-20)25(29)24-21(22)14-13-19(28-24)12-11-18-7-3-1-4-8-18/h1-14,17,27,29H,15-16H2/b12-11+. The average Bonchev–Trinajstić information content (AvgIpc) is 2.84. The zero-order chi connectivity index (χ0) is 23.3. The molecule has 0 bridgehead atoms. The van der Waals surface area contributed by atoms with E-state index in [0.29, 0.717) is 16.8 Å². The zero-order valence-corrected chi connectivity index (χ0v) is 19.9. The minimum absolute atomic E-state index is 0.136. The molecule has 168 valence electrons. The van der Waals surface area contributed by atoms with Gasteiger partial charge in [-0.1, -0.05) is 66.2 Å². The van der Waals surface area contributed by atoms with Gasteiger partial charge in [0, 0.05) is 22.6 Å². The summed E-state index contributed by atoms with van der Waals surface area (Å²) in [5.41, 5.74) is 1.70. The molecule has 33 heavy (non-hydrogen) atoms. The van der Waals surface area contributed by atoms with Crippen LogP contribution in [-0.2, 0) is 10.0 Å². The molecule has 0 unspecified atom stereocenters. The number of hydrogen-bond acceptors (Lipinski definition) is 5. The number of phenols is 1. The van der Waals surface area contributed by atoms with Crippen molar-refractivity contribution in [2.45, 2.75) is 9.79 Å². The van der Waals surface area contributed by atoms with Gasteiger partial charge in [0.15, 0.2) is 5.75 Å². The predicted molar refractivity (Wildman–Crippen MR) is 136 cm³/mol. The van der Waals surface area contributed by atoms with Gasteiger partial charge < -0.3 is 5.11 Å². The maximum absolute atomic E-state index is 12.9. The quantitative estimate of drug-likeness (QED) is 0.237. The summed E-state index contributed by atoms with van der Waals surface area (Å²) < 4.78 is 28.3. The molecule has 4 rings (SSSR count). The minimum Gasteiger partial charge on any atom is -0.504 e. The second-order valence-electron chi connectivity index (χ2n) is 7.14. The number of hydrogen-bond donors (Lipinski definition) is 2. The Kier molecular flexibility index (Phi) is 7.35. The molecule has 5 nitrogen and oxygen atoms in total. The summed E-state index contributed by atoms with van der Waals surface area (Å²) >= 11 is 7.88. The second-order valence-corrected chi connectivity index (χ2v) is 10.5. The fourth-order valence-electron chi connectivity index (χ4n) is 3.21. The normalized spacial score (nSPS) is 11.9. The lowest BCUT2D eigenvalue weighted by Crippen LogP contribution is -2.26. The summed E-state index contributed by atoms with van der Waals surface area (Å²) in [6, 6.07) is 24.2. The highest BCUT2D eigenvalue weighted by Crippen LogP contribution is 2.36. The van der Waals surface area contributed by atoms with Crippen LogP contribution < -0.4 is 4.72 Å². The first-order valence-corrected chi connectivity index (χ1v) is 13.0. The number of phenolic OH excluding ortho intramolecular Hbond substituents is 1. The van der Waals surface area contributed by atoms with Crippen molar-refractivity contribution in [1.29, 1.82) is 0 Å². The van der Waals surface area contributed by atoms with Gasteiger partial charge >= 0.3 is 0 Å². The molecule has 0 saturated heterocycles. The van der Waals surface area contributed by atoms with Gasteiger partial charge in [0.05, 0.1) is 10.7 Å². The number of fused-ring (bicyclic) bond motifs is 1. The summed E-state index contributed by atoms with van der Waals surface area (Å²) in [4.78, 5) is 5.20. The topological polar surface area (TPSA) is 79.3 Å². The molecule has 0 spiro atoms. The van der Waals surface area contributed by atoms with Crippen LogP contribution in [0.25, 0.3) is 23.1 Å². The molecule has 1 aromatic heterocycles. The van der Waals surface area contributed by atoms with Crippen molar-refractivity contribution >= 4 is 56.4 Å². The number of benzene rings is 3. The van der Waals surface area contributed by atoms with E-state index in [1.807, 2.05) is 66.7 Å². The molecule has 0 radical (unpaired) electrons. The van der Waals surface area contributed by atoms with E-state index in [2.05, 4.69) is 9.71 Å². The Morgan fingerprint density at radius 2 is 1.67 bits per heavy atom. The molecule has 0 atom stereocenters.